The molecule has 0 spiro atoms. The van der Waals surface area contributed by atoms with E-state index in [9.17, 15) is 4.39 Å². The average molecular weight is 292 g/mol. The van der Waals surface area contributed by atoms with E-state index < -0.39 is 0 Å². The lowest BCUT2D eigenvalue weighted by Crippen LogP contribution is -2.10. The third kappa shape index (κ3) is 2.61. The largest absolute Gasteiger partial charge is 0.322 e. The van der Waals surface area contributed by atoms with Gasteiger partial charge in [0.25, 0.3) is 0 Å². The summed E-state index contributed by atoms with van der Waals surface area (Å²) in [6.45, 7) is 1.85. The highest BCUT2D eigenvalue weighted by Gasteiger charge is 2.17. The van der Waals surface area contributed by atoms with E-state index in [1.54, 1.807) is 6.07 Å². The summed E-state index contributed by atoms with van der Waals surface area (Å²) < 4.78 is 13.8. The van der Waals surface area contributed by atoms with Crippen LogP contribution in [0.3, 0.4) is 0 Å². The second-order valence-corrected chi connectivity index (χ2v) is 5.44. The van der Waals surface area contributed by atoms with E-state index in [4.69, 9.17) is 11.6 Å². The Kier molecular flexibility index (Phi) is 3.57. The molecule has 1 N–H and O–H groups in total. The zero-order valence-corrected chi connectivity index (χ0v) is 12.0. The van der Waals surface area contributed by atoms with Crippen LogP contribution in [0.5, 0.6) is 0 Å². The molecule has 1 aromatic heterocycles. The number of rotatable bonds is 2. The number of hydrogen-bond donors (Lipinski definition) is 1. The van der Waals surface area contributed by atoms with Crippen LogP contribution in [-0.4, -0.2) is 9.97 Å². The third-order valence-electron chi connectivity index (χ3n) is 3.50. The molecule has 0 fully saturated rings. The van der Waals surface area contributed by atoms with Gasteiger partial charge in [0.15, 0.2) is 0 Å². The number of anilines is 2. The first-order valence-electron chi connectivity index (χ1n) is 6.72. The maximum Gasteiger partial charge on any atom is 0.228 e. The third-order valence-corrected chi connectivity index (χ3v) is 3.82. The molecule has 3 nitrogen and oxygen atoms in total. The van der Waals surface area contributed by atoms with Crippen molar-refractivity contribution in [3.05, 3.63) is 46.0 Å². The molecule has 0 aliphatic heterocycles. The van der Waals surface area contributed by atoms with Crippen LogP contribution in [0.4, 0.5) is 16.0 Å². The molecule has 0 amide bonds. The van der Waals surface area contributed by atoms with Gasteiger partial charge in [-0.2, -0.15) is 0 Å². The van der Waals surface area contributed by atoms with Crippen molar-refractivity contribution in [3.63, 3.8) is 0 Å². The first-order chi connectivity index (χ1) is 9.63. The normalized spacial score (nSPS) is 13.9. The summed E-state index contributed by atoms with van der Waals surface area (Å²) in [5, 5.41) is 3.39. The van der Waals surface area contributed by atoms with Crippen molar-refractivity contribution in [1.82, 2.24) is 9.97 Å². The summed E-state index contributed by atoms with van der Waals surface area (Å²) in [6, 6.07) is 5.00. The van der Waals surface area contributed by atoms with Gasteiger partial charge in [-0.15, -0.1) is 0 Å². The predicted octanol–water partition coefficient (Wildman–Crippen LogP) is 4.20. The van der Waals surface area contributed by atoms with E-state index in [0.29, 0.717) is 16.8 Å². The molecule has 0 atom stereocenters. The Morgan fingerprint density at radius 3 is 2.80 bits per heavy atom. The summed E-state index contributed by atoms with van der Waals surface area (Å²) in [5.74, 6) is 0.0425. The molecular weight excluding hydrogens is 277 g/mol. The molecule has 0 radical (unpaired) electrons. The van der Waals surface area contributed by atoms with Crippen molar-refractivity contribution in [3.8, 4) is 0 Å². The zero-order valence-electron chi connectivity index (χ0n) is 11.2. The molecule has 1 aliphatic carbocycles. The summed E-state index contributed by atoms with van der Waals surface area (Å²) in [5.41, 5.74) is 3.25. The van der Waals surface area contributed by atoms with Crippen LogP contribution >= 0.6 is 11.6 Å². The number of aryl methyl sites for hydroxylation is 2. The molecular formula is C15H15ClFN3. The van der Waals surface area contributed by atoms with Gasteiger partial charge in [-0.05, 0) is 50.3 Å². The molecule has 5 heteroatoms. The zero-order chi connectivity index (χ0) is 14.1. The van der Waals surface area contributed by atoms with Crippen molar-refractivity contribution in [1.29, 1.82) is 0 Å². The minimum Gasteiger partial charge on any atom is -0.322 e. The van der Waals surface area contributed by atoms with Gasteiger partial charge in [0.1, 0.15) is 11.0 Å². The molecule has 3 rings (SSSR count). The number of benzene rings is 1. The SMILES string of the molecule is Cc1ccc(Nc2nc(Cl)c3c(n2)CCCC3)c(F)c1. The number of fused-ring (bicyclic) bond motifs is 1. The van der Waals surface area contributed by atoms with Crippen LogP contribution in [0.1, 0.15) is 29.7 Å². The van der Waals surface area contributed by atoms with Crippen molar-refractivity contribution in [2.24, 2.45) is 0 Å². The van der Waals surface area contributed by atoms with Crippen LogP contribution < -0.4 is 5.32 Å². The van der Waals surface area contributed by atoms with Crippen LogP contribution in [0.2, 0.25) is 5.15 Å². The fraction of sp³-hybridized carbons (Fsp3) is 0.333. The molecule has 0 unspecified atom stereocenters. The Hall–Kier alpha value is -1.68. The van der Waals surface area contributed by atoms with Crippen molar-refractivity contribution < 1.29 is 4.39 Å². The van der Waals surface area contributed by atoms with E-state index in [0.717, 1.165) is 42.5 Å². The lowest BCUT2D eigenvalue weighted by Gasteiger charge is -2.17. The molecule has 2 aromatic rings. The van der Waals surface area contributed by atoms with Crippen molar-refractivity contribution in [2.75, 3.05) is 5.32 Å². The van der Waals surface area contributed by atoms with Crippen LogP contribution in [0, 0.1) is 12.7 Å². The Labute approximate surface area is 122 Å². The van der Waals surface area contributed by atoms with Crippen LogP contribution in [0.25, 0.3) is 0 Å². The summed E-state index contributed by atoms with van der Waals surface area (Å²) >= 11 is 6.19. The highest BCUT2D eigenvalue weighted by molar-refractivity contribution is 6.30. The smallest absolute Gasteiger partial charge is 0.228 e. The van der Waals surface area contributed by atoms with Gasteiger partial charge in [0, 0.05) is 5.56 Å². The Morgan fingerprint density at radius 2 is 2.00 bits per heavy atom. The standard InChI is InChI=1S/C15H15ClFN3/c1-9-6-7-13(11(17)8-9)19-15-18-12-5-3-2-4-10(12)14(16)20-15/h6-8H,2-5H2,1H3,(H,18,19,20). The van der Waals surface area contributed by atoms with E-state index in [1.807, 2.05) is 13.0 Å². The molecule has 0 saturated heterocycles. The first-order valence-corrected chi connectivity index (χ1v) is 7.10. The van der Waals surface area contributed by atoms with Gasteiger partial charge in [0.05, 0.1) is 11.4 Å². The highest BCUT2D eigenvalue weighted by atomic mass is 35.5. The maximum absolute atomic E-state index is 13.8. The van der Waals surface area contributed by atoms with Gasteiger partial charge < -0.3 is 5.32 Å². The Bertz CT molecular complexity index is 658. The van der Waals surface area contributed by atoms with E-state index in [2.05, 4.69) is 15.3 Å². The van der Waals surface area contributed by atoms with E-state index in [-0.39, 0.29) is 5.82 Å². The number of nitrogens with one attached hydrogen (secondary N) is 1. The second-order valence-electron chi connectivity index (χ2n) is 5.08. The van der Waals surface area contributed by atoms with Crippen LogP contribution in [0.15, 0.2) is 18.2 Å². The summed E-state index contributed by atoms with van der Waals surface area (Å²) in [4.78, 5) is 8.68. The van der Waals surface area contributed by atoms with Crippen molar-refractivity contribution in [2.45, 2.75) is 32.6 Å². The molecule has 1 heterocycles. The van der Waals surface area contributed by atoms with Gasteiger partial charge in [-0.1, -0.05) is 17.7 Å². The quantitative estimate of drug-likeness (QED) is 0.843. The first kappa shape index (κ1) is 13.3. The summed E-state index contributed by atoms with van der Waals surface area (Å²) in [6.07, 6.45) is 4.06. The lowest BCUT2D eigenvalue weighted by molar-refractivity contribution is 0.630. The lowest BCUT2D eigenvalue weighted by atomic mass is 9.97. The van der Waals surface area contributed by atoms with Gasteiger partial charge in [-0.3, -0.25) is 0 Å². The Balaban J connectivity index is 1.93. The molecule has 1 aliphatic rings. The maximum atomic E-state index is 13.8. The fourth-order valence-corrected chi connectivity index (χ4v) is 2.73. The minimum absolute atomic E-state index is 0.317. The number of hydrogen-bond acceptors (Lipinski definition) is 3. The molecule has 0 saturated carbocycles. The molecule has 1 aromatic carbocycles. The van der Waals surface area contributed by atoms with Gasteiger partial charge in [0.2, 0.25) is 5.95 Å². The number of halogens is 2. The fourth-order valence-electron chi connectivity index (χ4n) is 2.45. The summed E-state index contributed by atoms with van der Waals surface area (Å²) in [7, 11) is 0. The van der Waals surface area contributed by atoms with Crippen LogP contribution in [-0.2, 0) is 12.8 Å². The second kappa shape index (κ2) is 5.37. The van der Waals surface area contributed by atoms with Gasteiger partial charge in [-0.25, -0.2) is 14.4 Å². The minimum atomic E-state index is -0.317. The average Bonchev–Trinajstić information content (AvgIpc) is 2.42. The predicted molar refractivity (Wildman–Crippen MR) is 78.1 cm³/mol. The van der Waals surface area contributed by atoms with E-state index >= 15 is 0 Å². The number of nitrogens with zero attached hydrogens (tertiary/aromatic N) is 2. The highest BCUT2D eigenvalue weighted by Crippen LogP contribution is 2.27. The molecule has 0 bridgehead atoms. The number of aromatic nitrogens is 2. The monoisotopic (exact) mass is 291 g/mol. The van der Waals surface area contributed by atoms with Gasteiger partial charge >= 0.3 is 0 Å². The molecule has 20 heavy (non-hydrogen) atoms. The topological polar surface area (TPSA) is 37.8 Å². The van der Waals surface area contributed by atoms with Crippen molar-refractivity contribution >= 4 is 23.2 Å². The Morgan fingerprint density at radius 1 is 1.20 bits per heavy atom. The molecule has 104 valence electrons. The van der Waals surface area contributed by atoms with E-state index in [1.165, 1.54) is 6.07 Å².